The molecule has 1 aliphatic rings. The van der Waals surface area contributed by atoms with Gasteiger partial charge >= 0.3 is 6.09 Å². The number of anilines is 1. The summed E-state index contributed by atoms with van der Waals surface area (Å²) in [5.41, 5.74) is 2.28. The first kappa shape index (κ1) is 23.8. The molecule has 1 N–H and O–H groups in total. The number of benzene rings is 2. The Morgan fingerprint density at radius 3 is 2.26 bits per heavy atom. The fourth-order valence-electron chi connectivity index (χ4n) is 3.97. The first-order valence-electron chi connectivity index (χ1n) is 10.8. The van der Waals surface area contributed by atoms with Crippen molar-refractivity contribution < 1.29 is 28.5 Å². The van der Waals surface area contributed by atoms with E-state index in [1.165, 1.54) is 7.11 Å². The highest BCUT2D eigenvalue weighted by atomic mass is 16.7. The summed E-state index contributed by atoms with van der Waals surface area (Å²) >= 11 is 0. The SMILES string of the molecule is CO[C@@H]1[C@@H](OC)[C@@H](OC)C(OC(=O)Nc2ccc(-n3cnc(-c4ccccc4)n3)cc2)O[C@H]1C. The third-order valence-electron chi connectivity index (χ3n) is 5.67. The quantitative estimate of drug-likeness (QED) is 0.563. The molecule has 1 amide bonds. The summed E-state index contributed by atoms with van der Waals surface area (Å²) in [5.74, 6) is 0.630. The van der Waals surface area contributed by atoms with Crippen molar-refractivity contribution in [3.05, 3.63) is 60.9 Å². The molecular formula is C24H28N4O6. The minimum atomic E-state index is -0.956. The Morgan fingerprint density at radius 1 is 0.941 bits per heavy atom. The van der Waals surface area contributed by atoms with Crippen molar-refractivity contribution in [2.45, 2.75) is 37.6 Å². The largest absolute Gasteiger partial charge is 0.416 e. The summed E-state index contributed by atoms with van der Waals surface area (Å²) in [6, 6.07) is 16.9. The number of aromatic nitrogens is 3. The molecule has 2 aromatic carbocycles. The molecule has 1 aliphatic heterocycles. The van der Waals surface area contributed by atoms with Crippen LogP contribution in [-0.2, 0) is 23.7 Å². The van der Waals surface area contributed by atoms with Crippen LogP contribution >= 0.6 is 0 Å². The van der Waals surface area contributed by atoms with Gasteiger partial charge in [0, 0.05) is 32.6 Å². The van der Waals surface area contributed by atoms with Crippen LogP contribution < -0.4 is 5.32 Å². The van der Waals surface area contributed by atoms with Gasteiger partial charge in [0.1, 0.15) is 24.6 Å². The molecule has 5 atom stereocenters. The first-order valence-corrected chi connectivity index (χ1v) is 10.8. The van der Waals surface area contributed by atoms with E-state index >= 15 is 0 Å². The summed E-state index contributed by atoms with van der Waals surface area (Å²) in [7, 11) is 4.63. The topological polar surface area (TPSA) is 106 Å². The monoisotopic (exact) mass is 468 g/mol. The summed E-state index contributed by atoms with van der Waals surface area (Å²) in [5, 5.41) is 7.22. The fourth-order valence-corrected chi connectivity index (χ4v) is 3.97. The van der Waals surface area contributed by atoms with Gasteiger partial charge in [-0.2, -0.15) is 0 Å². The van der Waals surface area contributed by atoms with E-state index in [-0.39, 0.29) is 12.2 Å². The predicted octanol–water partition coefficient (Wildman–Crippen LogP) is 3.27. The molecular weight excluding hydrogens is 440 g/mol. The minimum Gasteiger partial charge on any atom is -0.416 e. The van der Waals surface area contributed by atoms with Gasteiger partial charge in [-0.1, -0.05) is 30.3 Å². The summed E-state index contributed by atoms with van der Waals surface area (Å²) < 4.78 is 29.5. The maximum atomic E-state index is 12.5. The molecule has 4 rings (SSSR count). The van der Waals surface area contributed by atoms with Crippen LogP contribution in [0.3, 0.4) is 0 Å². The standard InChI is InChI=1S/C24H28N4O6/c1-15-19(30-2)20(31-3)21(32-4)23(33-15)34-24(29)26-17-10-12-18(13-11-17)28-14-25-22(27-28)16-8-6-5-7-9-16/h5-15,19-21,23H,1-4H3,(H,26,29)/t15-,19-,20+,21+,23?/m0/s1. The van der Waals surface area contributed by atoms with E-state index in [0.29, 0.717) is 11.5 Å². The van der Waals surface area contributed by atoms with Crippen molar-refractivity contribution in [1.82, 2.24) is 14.8 Å². The highest BCUT2D eigenvalue weighted by molar-refractivity contribution is 5.84. The van der Waals surface area contributed by atoms with Gasteiger partial charge in [-0.3, -0.25) is 5.32 Å². The number of methoxy groups -OCH3 is 3. The van der Waals surface area contributed by atoms with E-state index in [9.17, 15) is 4.79 Å². The number of carbonyl (C=O) groups excluding carboxylic acids is 1. The third kappa shape index (κ3) is 5.10. The second kappa shape index (κ2) is 10.7. The molecule has 0 radical (unpaired) electrons. The number of ether oxygens (including phenoxy) is 5. The van der Waals surface area contributed by atoms with Crippen LogP contribution in [0.15, 0.2) is 60.9 Å². The summed E-state index contributed by atoms with van der Waals surface area (Å²) in [4.78, 5) is 16.9. The molecule has 10 heteroatoms. The number of amides is 1. The highest BCUT2D eigenvalue weighted by Gasteiger charge is 2.47. The van der Waals surface area contributed by atoms with Crippen molar-refractivity contribution in [3.8, 4) is 17.1 Å². The lowest BCUT2D eigenvalue weighted by Crippen LogP contribution is -2.59. The molecule has 0 aliphatic carbocycles. The molecule has 3 aromatic rings. The maximum absolute atomic E-state index is 12.5. The Labute approximate surface area is 197 Å². The maximum Gasteiger partial charge on any atom is 0.414 e. The van der Waals surface area contributed by atoms with E-state index in [2.05, 4.69) is 15.4 Å². The molecule has 0 spiro atoms. The number of hydrogen-bond acceptors (Lipinski definition) is 8. The van der Waals surface area contributed by atoms with Crippen molar-refractivity contribution in [2.75, 3.05) is 26.6 Å². The lowest BCUT2D eigenvalue weighted by Gasteiger charge is -2.43. The van der Waals surface area contributed by atoms with Gasteiger partial charge in [0.25, 0.3) is 0 Å². The number of nitrogens with one attached hydrogen (secondary N) is 1. The van der Waals surface area contributed by atoms with Crippen LogP contribution in [0.25, 0.3) is 17.1 Å². The minimum absolute atomic E-state index is 0.357. The predicted molar refractivity (Wildman–Crippen MR) is 124 cm³/mol. The lowest BCUT2D eigenvalue weighted by atomic mass is 9.99. The second-order valence-corrected chi connectivity index (χ2v) is 7.77. The average Bonchev–Trinajstić information content (AvgIpc) is 3.35. The van der Waals surface area contributed by atoms with Gasteiger partial charge < -0.3 is 23.7 Å². The zero-order valence-corrected chi connectivity index (χ0v) is 19.5. The van der Waals surface area contributed by atoms with E-state index in [4.69, 9.17) is 23.7 Å². The Kier molecular flexibility index (Phi) is 7.53. The second-order valence-electron chi connectivity index (χ2n) is 7.77. The van der Waals surface area contributed by atoms with Gasteiger partial charge in [0.2, 0.25) is 6.29 Å². The zero-order valence-electron chi connectivity index (χ0n) is 19.5. The normalized spacial score (nSPS) is 24.5. The van der Waals surface area contributed by atoms with Crippen LogP contribution in [0.1, 0.15) is 6.92 Å². The van der Waals surface area contributed by atoms with Gasteiger partial charge in [0.15, 0.2) is 5.82 Å². The molecule has 180 valence electrons. The van der Waals surface area contributed by atoms with Crippen molar-refractivity contribution in [2.24, 2.45) is 0 Å². The van der Waals surface area contributed by atoms with E-state index < -0.39 is 24.6 Å². The van der Waals surface area contributed by atoms with Gasteiger partial charge in [-0.05, 0) is 31.2 Å². The Morgan fingerprint density at radius 2 is 1.62 bits per heavy atom. The van der Waals surface area contributed by atoms with E-state index in [1.807, 2.05) is 49.4 Å². The smallest absolute Gasteiger partial charge is 0.414 e. The third-order valence-corrected chi connectivity index (χ3v) is 5.67. The molecule has 1 saturated heterocycles. The molecule has 1 fully saturated rings. The van der Waals surface area contributed by atoms with Crippen molar-refractivity contribution in [1.29, 1.82) is 0 Å². The van der Waals surface area contributed by atoms with Gasteiger partial charge in [-0.15, -0.1) is 5.10 Å². The molecule has 10 nitrogen and oxygen atoms in total. The average molecular weight is 469 g/mol. The Hall–Kier alpha value is -3.31. The van der Waals surface area contributed by atoms with Crippen LogP contribution in [0.4, 0.5) is 10.5 Å². The van der Waals surface area contributed by atoms with Crippen molar-refractivity contribution in [3.63, 3.8) is 0 Å². The van der Waals surface area contributed by atoms with E-state index in [0.717, 1.165) is 11.3 Å². The summed E-state index contributed by atoms with van der Waals surface area (Å²) in [6.07, 6.45) is -1.81. The molecule has 0 saturated carbocycles. The van der Waals surface area contributed by atoms with Crippen LogP contribution in [0.2, 0.25) is 0 Å². The number of rotatable bonds is 7. The highest BCUT2D eigenvalue weighted by Crippen LogP contribution is 2.28. The Bertz CT molecular complexity index is 1070. The first-order chi connectivity index (χ1) is 16.5. The number of hydrogen-bond donors (Lipinski definition) is 1. The molecule has 34 heavy (non-hydrogen) atoms. The molecule has 1 unspecified atom stereocenters. The van der Waals surface area contributed by atoms with Crippen LogP contribution in [0, 0.1) is 0 Å². The molecule has 0 bridgehead atoms. The van der Waals surface area contributed by atoms with Crippen LogP contribution in [0.5, 0.6) is 0 Å². The lowest BCUT2D eigenvalue weighted by molar-refractivity contribution is -0.288. The molecule has 1 aromatic heterocycles. The van der Waals surface area contributed by atoms with E-state index in [1.54, 1.807) is 37.4 Å². The molecule has 2 heterocycles. The number of carbonyl (C=O) groups is 1. The fraction of sp³-hybridized carbons (Fsp3) is 0.375. The van der Waals surface area contributed by atoms with Crippen molar-refractivity contribution >= 4 is 11.8 Å². The Balaban J connectivity index is 1.39. The van der Waals surface area contributed by atoms with Gasteiger partial charge in [0.05, 0.1) is 11.8 Å². The summed E-state index contributed by atoms with van der Waals surface area (Å²) in [6.45, 7) is 1.83. The number of nitrogens with zero attached hydrogens (tertiary/aromatic N) is 3. The zero-order chi connectivity index (χ0) is 24.1. The van der Waals surface area contributed by atoms with Gasteiger partial charge in [-0.25, -0.2) is 14.5 Å². The van der Waals surface area contributed by atoms with Crippen LogP contribution in [-0.4, -0.2) is 72.9 Å².